The van der Waals surface area contributed by atoms with Crippen molar-refractivity contribution in [3.8, 4) is 0 Å². The first-order valence-corrected chi connectivity index (χ1v) is 7.28. The van der Waals surface area contributed by atoms with Crippen LogP contribution in [0.5, 0.6) is 0 Å². The van der Waals surface area contributed by atoms with Crippen molar-refractivity contribution in [2.75, 3.05) is 25.0 Å². The zero-order chi connectivity index (χ0) is 16.2. The summed E-state index contributed by atoms with van der Waals surface area (Å²) in [4.78, 5) is 23.1. The van der Waals surface area contributed by atoms with Crippen LogP contribution in [0.25, 0.3) is 0 Å². The van der Waals surface area contributed by atoms with Gasteiger partial charge in [-0.25, -0.2) is 4.79 Å². The Morgan fingerprint density at radius 1 is 1.43 bits per heavy atom. The summed E-state index contributed by atoms with van der Waals surface area (Å²) in [6.45, 7) is 3.33. The predicted octanol–water partition coefficient (Wildman–Crippen LogP) is 0.752. The van der Waals surface area contributed by atoms with Crippen LogP contribution in [-0.2, 0) is 0 Å². The number of β-amino-alcohol motifs (C(OH)–C–C–N with tert-alkyl or cyclic N) is 1. The summed E-state index contributed by atoms with van der Waals surface area (Å²) in [6, 6.07) is 4.43. The molecule has 2 rings (SSSR count). The van der Waals surface area contributed by atoms with Crippen molar-refractivity contribution >= 4 is 30.0 Å². The molecule has 0 aliphatic carbocycles. The molecule has 23 heavy (non-hydrogen) atoms. The number of rotatable bonds is 4. The molecule has 1 heterocycles. The van der Waals surface area contributed by atoms with Gasteiger partial charge < -0.3 is 26.8 Å². The number of carbonyl (C=O) groups excluding carboxylic acids is 2. The Morgan fingerprint density at radius 2 is 2.17 bits per heavy atom. The maximum atomic E-state index is 12.0. The van der Waals surface area contributed by atoms with E-state index in [0.29, 0.717) is 24.2 Å². The van der Waals surface area contributed by atoms with Crippen molar-refractivity contribution in [3.63, 3.8) is 0 Å². The SMILES string of the molecule is Cc1ccc(C(N)=O)cc1NC(=O)NCC1(O)CCCNC1.Cl. The van der Waals surface area contributed by atoms with Crippen LogP contribution in [-0.4, -0.2) is 42.3 Å². The molecule has 1 aliphatic heterocycles. The number of primary amides is 1. The van der Waals surface area contributed by atoms with Gasteiger partial charge >= 0.3 is 6.03 Å². The van der Waals surface area contributed by atoms with Crippen LogP contribution in [0.2, 0.25) is 0 Å². The number of benzene rings is 1. The van der Waals surface area contributed by atoms with Gasteiger partial charge in [0.05, 0.1) is 5.60 Å². The van der Waals surface area contributed by atoms with Gasteiger partial charge in [0, 0.05) is 24.3 Å². The van der Waals surface area contributed by atoms with Gasteiger partial charge in [-0.1, -0.05) is 6.07 Å². The van der Waals surface area contributed by atoms with Crippen LogP contribution >= 0.6 is 12.4 Å². The van der Waals surface area contributed by atoms with Gasteiger partial charge in [0.2, 0.25) is 5.91 Å². The summed E-state index contributed by atoms with van der Waals surface area (Å²) in [5, 5.41) is 18.7. The number of amides is 3. The van der Waals surface area contributed by atoms with Crippen molar-refractivity contribution in [3.05, 3.63) is 29.3 Å². The number of nitrogens with one attached hydrogen (secondary N) is 3. The van der Waals surface area contributed by atoms with Gasteiger partial charge in [-0.2, -0.15) is 0 Å². The lowest BCUT2D eigenvalue weighted by atomic mass is 9.94. The third-order valence-corrected chi connectivity index (χ3v) is 3.80. The molecule has 1 unspecified atom stereocenters. The second-order valence-corrected chi connectivity index (χ2v) is 5.71. The van der Waals surface area contributed by atoms with E-state index < -0.39 is 17.5 Å². The van der Waals surface area contributed by atoms with Crippen molar-refractivity contribution in [1.82, 2.24) is 10.6 Å². The molecule has 0 radical (unpaired) electrons. The zero-order valence-corrected chi connectivity index (χ0v) is 13.8. The fraction of sp³-hybridized carbons (Fsp3) is 0.467. The Kier molecular flexibility index (Phi) is 6.80. The Labute approximate surface area is 141 Å². The summed E-state index contributed by atoms with van der Waals surface area (Å²) in [5.41, 5.74) is 5.98. The predicted molar refractivity (Wildman–Crippen MR) is 91.0 cm³/mol. The minimum atomic E-state index is -0.917. The summed E-state index contributed by atoms with van der Waals surface area (Å²) >= 11 is 0. The van der Waals surface area contributed by atoms with E-state index in [-0.39, 0.29) is 19.0 Å². The molecule has 0 spiro atoms. The normalized spacial score (nSPS) is 20.3. The minimum absolute atomic E-state index is 0. The third kappa shape index (κ3) is 5.38. The summed E-state index contributed by atoms with van der Waals surface area (Å²) in [7, 11) is 0. The van der Waals surface area contributed by atoms with E-state index in [1.807, 2.05) is 6.92 Å². The molecule has 0 aromatic heterocycles. The number of hydrogen-bond donors (Lipinski definition) is 5. The van der Waals surface area contributed by atoms with Gasteiger partial charge in [-0.05, 0) is 44.0 Å². The Balaban J connectivity index is 0.00000264. The second-order valence-electron chi connectivity index (χ2n) is 5.71. The second kappa shape index (κ2) is 8.14. The lowest BCUT2D eigenvalue weighted by molar-refractivity contribution is 0.0198. The number of urea groups is 1. The summed E-state index contributed by atoms with van der Waals surface area (Å²) in [5.74, 6) is -0.550. The third-order valence-electron chi connectivity index (χ3n) is 3.80. The molecule has 1 fully saturated rings. The van der Waals surface area contributed by atoms with Gasteiger partial charge in [0.15, 0.2) is 0 Å². The Bertz CT molecular complexity index is 574. The highest BCUT2D eigenvalue weighted by molar-refractivity contribution is 5.96. The number of carbonyl (C=O) groups is 2. The average Bonchev–Trinajstić information content (AvgIpc) is 2.48. The topological polar surface area (TPSA) is 116 Å². The van der Waals surface area contributed by atoms with Crippen LogP contribution < -0.4 is 21.7 Å². The Hall–Kier alpha value is -1.83. The van der Waals surface area contributed by atoms with E-state index in [1.165, 1.54) is 6.07 Å². The van der Waals surface area contributed by atoms with Crippen LogP contribution in [0.1, 0.15) is 28.8 Å². The van der Waals surface area contributed by atoms with Crippen LogP contribution in [0, 0.1) is 6.92 Å². The molecule has 0 bridgehead atoms. The van der Waals surface area contributed by atoms with Crippen molar-refractivity contribution in [2.24, 2.45) is 5.73 Å². The first-order chi connectivity index (χ1) is 10.4. The highest BCUT2D eigenvalue weighted by Gasteiger charge is 2.29. The zero-order valence-electron chi connectivity index (χ0n) is 13.0. The van der Waals surface area contributed by atoms with Crippen molar-refractivity contribution < 1.29 is 14.7 Å². The molecule has 7 nitrogen and oxygen atoms in total. The lowest BCUT2D eigenvalue weighted by Crippen LogP contribution is -2.53. The summed E-state index contributed by atoms with van der Waals surface area (Å²) in [6.07, 6.45) is 1.52. The first kappa shape index (κ1) is 19.2. The van der Waals surface area contributed by atoms with E-state index in [4.69, 9.17) is 5.73 Å². The number of nitrogens with two attached hydrogens (primary N) is 1. The monoisotopic (exact) mass is 342 g/mol. The highest BCUT2D eigenvalue weighted by atomic mass is 35.5. The molecular weight excluding hydrogens is 320 g/mol. The van der Waals surface area contributed by atoms with Crippen LogP contribution in [0.3, 0.4) is 0 Å². The number of anilines is 1. The van der Waals surface area contributed by atoms with Crippen LogP contribution in [0.4, 0.5) is 10.5 Å². The number of aryl methyl sites for hydroxylation is 1. The molecule has 1 aromatic carbocycles. The first-order valence-electron chi connectivity index (χ1n) is 7.28. The standard InChI is InChI=1S/C15H22N4O3.ClH/c1-10-3-4-11(13(16)20)7-12(10)19-14(21)18-9-15(22)5-2-6-17-8-15;/h3-4,7,17,22H,2,5-6,8-9H2,1H3,(H2,16,20)(H2,18,19,21);1H. The molecule has 1 aliphatic rings. The largest absolute Gasteiger partial charge is 0.387 e. The molecule has 3 amide bonds. The van der Waals surface area contributed by atoms with E-state index in [1.54, 1.807) is 12.1 Å². The van der Waals surface area contributed by atoms with Gasteiger partial charge in [-0.15, -0.1) is 12.4 Å². The van der Waals surface area contributed by atoms with Gasteiger partial charge in [-0.3, -0.25) is 4.79 Å². The van der Waals surface area contributed by atoms with Gasteiger partial charge in [0.25, 0.3) is 0 Å². The molecular formula is C15H23ClN4O3. The van der Waals surface area contributed by atoms with E-state index in [9.17, 15) is 14.7 Å². The molecule has 8 heteroatoms. The van der Waals surface area contributed by atoms with Crippen LogP contribution in [0.15, 0.2) is 18.2 Å². The van der Waals surface area contributed by atoms with E-state index in [2.05, 4.69) is 16.0 Å². The van der Waals surface area contributed by atoms with E-state index >= 15 is 0 Å². The van der Waals surface area contributed by atoms with Crippen molar-refractivity contribution in [1.29, 1.82) is 0 Å². The lowest BCUT2D eigenvalue weighted by Gasteiger charge is -2.32. The molecule has 128 valence electrons. The molecule has 6 N–H and O–H groups in total. The fourth-order valence-corrected chi connectivity index (χ4v) is 2.42. The maximum Gasteiger partial charge on any atom is 0.319 e. The molecule has 1 atom stereocenters. The maximum absolute atomic E-state index is 12.0. The number of aliphatic hydroxyl groups is 1. The molecule has 1 saturated heterocycles. The number of halogens is 1. The number of piperidine rings is 1. The fourth-order valence-electron chi connectivity index (χ4n) is 2.42. The quantitative estimate of drug-likeness (QED) is 0.555. The minimum Gasteiger partial charge on any atom is -0.387 e. The highest BCUT2D eigenvalue weighted by Crippen LogP contribution is 2.17. The summed E-state index contributed by atoms with van der Waals surface area (Å²) < 4.78 is 0. The van der Waals surface area contributed by atoms with Crippen molar-refractivity contribution in [2.45, 2.75) is 25.4 Å². The molecule has 0 saturated carbocycles. The average molecular weight is 343 g/mol. The smallest absolute Gasteiger partial charge is 0.319 e. The van der Waals surface area contributed by atoms with Gasteiger partial charge in [0.1, 0.15) is 0 Å². The Morgan fingerprint density at radius 3 is 2.78 bits per heavy atom. The molecule has 1 aromatic rings. The van der Waals surface area contributed by atoms with E-state index in [0.717, 1.165) is 18.5 Å². The number of hydrogen-bond acceptors (Lipinski definition) is 4.